The predicted octanol–water partition coefficient (Wildman–Crippen LogP) is 3.84. The highest BCUT2D eigenvalue weighted by molar-refractivity contribution is 7.99. The molecule has 0 saturated carbocycles. The van der Waals surface area contributed by atoms with E-state index in [0.29, 0.717) is 16.8 Å². The van der Waals surface area contributed by atoms with Gasteiger partial charge in [0.1, 0.15) is 17.2 Å². The molecule has 3 aromatic rings. The molecule has 0 aliphatic carbocycles. The molecule has 0 unspecified atom stereocenters. The molecule has 0 saturated heterocycles. The molecular weight excluding hydrogens is 270 g/mol. The van der Waals surface area contributed by atoms with Crippen molar-refractivity contribution in [1.29, 1.82) is 0 Å². The van der Waals surface area contributed by atoms with Gasteiger partial charge in [-0.05, 0) is 48.2 Å². The molecule has 0 bridgehead atoms. The molecule has 2 N–H and O–H groups in total. The highest BCUT2D eigenvalue weighted by Crippen LogP contribution is 2.32. The maximum absolute atomic E-state index is 13.5. The summed E-state index contributed by atoms with van der Waals surface area (Å²) in [5, 5.41) is 0.241. The zero-order chi connectivity index (χ0) is 13.4. The molecule has 0 amide bonds. The molecule has 19 heavy (non-hydrogen) atoms. The van der Waals surface area contributed by atoms with Crippen LogP contribution in [-0.4, -0.2) is 4.98 Å². The van der Waals surface area contributed by atoms with Crippen molar-refractivity contribution in [2.24, 2.45) is 0 Å². The molecule has 1 heterocycles. The monoisotopic (exact) mass is 278 g/mol. The van der Waals surface area contributed by atoms with Crippen molar-refractivity contribution in [2.45, 2.75) is 10.1 Å². The molecule has 3 nitrogen and oxygen atoms in total. The topological polar surface area (TPSA) is 52.0 Å². The number of aromatic nitrogens is 1. The third-order valence-electron chi connectivity index (χ3n) is 2.48. The lowest BCUT2D eigenvalue weighted by Gasteiger charge is -1.98. The van der Waals surface area contributed by atoms with Crippen LogP contribution in [0.2, 0.25) is 0 Å². The van der Waals surface area contributed by atoms with Crippen LogP contribution in [0.15, 0.2) is 50.9 Å². The average molecular weight is 278 g/mol. The Morgan fingerprint density at radius 1 is 1.11 bits per heavy atom. The lowest BCUT2D eigenvalue weighted by molar-refractivity contribution is 0.488. The Balaban J connectivity index is 1.98. The fraction of sp³-hybridized carbons (Fsp3) is 0. The largest absolute Gasteiger partial charge is 0.431 e. The first kappa shape index (κ1) is 12.0. The fourth-order valence-corrected chi connectivity index (χ4v) is 2.42. The first-order valence-corrected chi connectivity index (χ1v) is 6.22. The summed E-state index contributed by atoms with van der Waals surface area (Å²) < 4.78 is 32.0. The third-order valence-corrected chi connectivity index (χ3v) is 3.36. The summed E-state index contributed by atoms with van der Waals surface area (Å²) in [6.07, 6.45) is 0. The number of nitrogens with two attached hydrogens (primary N) is 1. The van der Waals surface area contributed by atoms with Gasteiger partial charge in [0.25, 0.3) is 5.22 Å². The van der Waals surface area contributed by atoms with Crippen molar-refractivity contribution in [2.75, 3.05) is 5.73 Å². The molecule has 0 spiro atoms. The summed E-state index contributed by atoms with van der Waals surface area (Å²) in [6.45, 7) is 0. The molecular formula is C13H8F2N2OS. The van der Waals surface area contributed by atoms with Crippen LogP contribution in [0, 0.1) is 11.6 Å². The molecule has 0 aliphatic rings. The number of hydrogen-bond acceptors (Lipinski definition) is 4. The van der Waals surface area contributed by atoms with Gasteiger partial charge in [-0.15, -0.1) is 0 Å². The molecule has 0 atom stereocenters. The number of nitrogen functional groups attached to an aromatic ring is 1. The van der Waals surface area contributed by atoms with Gasteiger partial charge in [0.2, 0.25) is 0 Å². The van der Waals surface area contributed by atoms with E-state index in [1.807, 2.05) is 0 Å². The SMILES string of the molecule is Nc1ccc2oc(Sc3cc(F)ccc3F)nc2c1. The van der Waals surface area contributed by atoms with Gasteiger partial charge in [-0.25, -0.2) is 13.8 Å². The van der Waals surface area contributed by atoms with Crippen LogP contribution in [0.1, 0.15) is 0 Å². The second-order valence-electron chi connectivity index (χ2n) is 3.88. The van der Waals surface area contributed by atoms with Crippen molar-refractivity contribution >= 4 is 28.5 Å². The number of nitrogens with zero attached hydrogens (tertiary/aromatic N) is 1. The van der Waals surface area contributed by atoms with Crippen LogP contribution in [0.4, 0.5) is 14.5 Å². The van der Waals surface area contributed by atoms with E-state index in [9.17, 15) is 8.78 Å². The van der Waals surface area contributed by atoms with E-state index >= 15 is 0 Å². The van der Waals surface area contributed by atoms with Crippen LogP contribution in [0.3, 0.4) is 0 Å². The average Bonchev–Trinajstić information content (AvgIpc) is 2.75. The predicted molar refractivity (Wildman–Crippen MR) is 68.9 cm³/mol. The molecule has 3 rings (SSSR count). The minimum absolute atomic E-state index is 0.125. The van der Waals surface area contributed by atoms with Gasteiger partial charge in [0.15, 0.2) is 5.58 Å². The summed E-state index contributed by atoms with van der Waals surface area (Å²) in [5.74, 6) is -1.03. The van der Waals surface area contributed by atoms with Gasteiger partial charge in [0.05, 0.1) is 4.90 Å². The van der Waals surface area contributed by atoms with Crippen molar-refractivity contribution in [3.8, 4) is 0 Å². The number of benzene rings is 2. The zero-order valence-corrected chi connectivity index (χ0v) is 10.4. The molecule has 96 valence electrons. The van der Waals surface area contributed by atoms with E-state index in [4.69, 9.17) is 10.2 Å². The molecule has 0 aliphatic heterocycles. The van der Waals surface area contributed by atoms with Crippen molar-refractivity contribution in [3.05, 3.63) is 48.0 Å². The van der Waals surface area contributed by atoms with E-state index in [2.05, 4.69) is 4.98 Å². The third kappa shape index (κ3) is 2.39. The lowest BCUT2D eigenvalue weighted by atomic mass is 10.3. The van der Waals surface area contributed by atoms with Gasteiger partial charge < -0.3 is 10.2 Å². The van der Waals surface area contributed by atoms with Gasteiger partial charge >= 0.3 is 0 Å². The Kier molecular flexibility index (Phi) is 2.87. The second kappa shape index (κ2) is 4.55. The molecule has 2 aromatic carbocycles. The van der Waals surface area contributed by atoms with Gasteiger partial charge in [0, 0.05) is 5.69 Å². The van der Waals surface area contributed by atoms with E-state index in [-0.39, 0.29) is 10.1 Å². The standard InChI is InChI=1S/C13H8F2N2OS/c14-7-1-3-9(15)12(5-7)19-13-17-10-6-8(16)2-4-11(10)18-13/h1-6H,16H2. The van der Waals surface area contributed by atoms with Gasteiger partial charge in [-0.1, -0.05) is 0 Å². The highest BCUT2D eigenvalue weighted by Gasteiger charge is 2.11. The second-order valence-corrected chi connectivity index (χ2v) is 4.88. The van der Waals surface area contributed by atoms with Crippen LogP contribution >= 0.6 is 11.8 Å². The first-order valence-electron chi connectivity index (χ1n) is 5.41. The smallest absolute Gasteiger partial charge is 0.261 e. The zero-order valence-electron chi connectivity index (χ0n) is 9.56. The van der Waals surface area contributed by atoms with Crippen LogP contribution < -0.4 is 5.73 Å². The maximum atomic E-state index is 13.5. The van der Waals surface area contributed by atoms with Crippen LogP contribution in [0.25, 0.3) is 11.1 Å². The first-order chi connectivity index (χ1) is 9.11. The number of rotatable bonds is 2. The van der Waals surface area contributed by atoms with Crippen molar-refractivity contribution < 1.29 is 13.2 Å². The quantitative estimate of drug-likeness (QED) is 0.724. The number of oxazole rings is 1. The van der Waals surface area contributed by atoms with E-state index in [1.54, 1.807) is 18.2 Å². The summed E-state index contributed by atoms with van der Waals surface area (Å²) >= 11 is 0.926. The Bertz CT molecular complexity index is 757. The Hall–Kier alpha value is -2.08. The minimum Gasteiger partial charge on any atom is -0.431 e. The minimum atomic E-state index is -0.520. The van der Waals surface area contributed by atoms with Crippen LogP contribution in [-0.2, 0) is 0 Å². The highest BCUT2D eigenvalue weighted by atomic mass is 32.2. The normalized spacial score (nSPS) is 11.1. The van der Waals surface area contributed by atoms with E-state index in [1.165, 1.54) is 0 Å². The number of anilines is 1. The van der Waals surface area contributed by atoms with Gasteiger partial charge in [-0.2, -0.15) is 0 Å². The summed E-state index contributed by atoms with van der Waals surface area (Å²) in [7, 11) is 0. The Morgan fingerprint density at radius 3 is 2.79 bits per heavy atom. The van der Waals surface area contributed by atoms with Crippen molar-refractivity contribution in [3.63, 3.8) is 0 Å². The molecule has 6 heteroatoms. The van der Waals surface area contributed by atoms with E-state index < -0.39 is 11.6 Å². The fourth-order valence-electron chi connectivity index (χ4n) is 1.62. The number of hydrogen-bond donors (Lipinski definition) is 1. The van der Waals surface area contributed by atoms with Crippen molar-refractivity contribution in [1.82, 2.24) is 4.98 Å². The summed E-state index contributed by atoms with van der Waals surface area (Å²) in [5.41, 5.74) is 7.33. The Morgan fingerprint density at radius 2 is 1.95 bits per heavy atom. The van der Waals surface area contributed by atoms with Gasteiger partial charge in [-0.3, -0.25) is 0 Å². The number of halogens is 2. The summed E-state index contributed by atoms with van der Waals surface area (Å²) in [4.78, 5) is 4.29. The summed E-state index contributed by atoms with van der Waals surface area (Å²) in [6, 6.07) is 8.26. The molecule has 0 radical (unpaired) electrons. The van der Waals surface area contributed by atoms with Crippen LogP contribution in [0.5, 0.6) is 0 Å². The van der Waals surface area contributed by atoms with E-state index in [0.717, 1.165) is 30.0 Å². The maximum Gasteiger partial charge on any atom is 0.261 e. The molecule has 0 fully saturated rings. The lowest BCUT2D eigenvalue weighted by Crippen LogP contribution is -1.83. The number of fused-ring (bicyclic) bond motifs is 1. The Labute approximate surface area is 111 Å². The molecule has 1 aromatic heterocycles.